The molecule has 3 rings (SSSR count). The van der Waals surface area contributed by atoms with E-state index in [1.807, 2.05) is 6.92 Å². The predicted molar refractivity (Wildman–Crippen MR) is 138 cm³/mol. The number of pyridine rings is 1. The van der Waals surface area contributed by atoms with E-state index in [1.165, 1.54) is 35.7 Å². The highest BCUT2D eigenvalue weighted by Crippen LogP contribution is 2.58. The molecule has 1 aliphatic rings. The molecule has 0 saturated heterocycles. The molecule has 2 aromatic rings. The number of rotatable bonds is 9. The number of benzene rings is 1. The van der Waals surface area contributed by atoms with E-state index in [9.17, 15) is 17.2 Å². The summed E-state index contributed by atoms with van der Waals surface area (Å²) in [5.41, 5.74) is -0.262. The molecule has 0 bridgehead atoms. The molecule has 36 heavy (non-hydrogen) atoms. The van der Waals surface area contributed by atoms with Crippen LogP contribution in [0.1, 0.15) is 46.1 Å². The van der Waals surface area contributed by atoms with Crippen molar-refractivity contribution in [3.63, 3.8) is 0 Å². The third-order valence-electron chi connectivity index (χ3n) is 7.76. The van der Waals surface area contributed by atoms with Crippen molar-refractivity contribution < 1.29 is 17.2 Å². The van der Waals surface area contributed by atoms with Gasteiger partial charge in [-0.3, -0.25) is 4.98 Å². The van der Waals surface area contributed by atoms with E-state index in [1.54, 1.807) is 24.4 Å². The zero-order chi connectivity index (χ0) is 26.7. The highest BCUT2D eigenvalue weighted by Gasteiger charge is 2.53. The molecular weight excluding hydrogens is 482 g/mol. The van der Waals surface area contributed by atoms with Crippen LogP contribution in [-0.4, -0.2) is 37.8 Å². The maximum Gasteiger partial charge on any atom is 0.244 e. The van der Waals surface area contributed by atoms with Gasteiger partial charge in [0, 0.05) is 32.5 Å². The van der Waals surface area contributed by atoms with Crippen molar-refractivity contribution in [2.45, 2.75) is 45.4 Å². The molecule has 0 aliphatic heterocycles. The molecule has 0 radical (unpaired) electrons. The van der Waals surface area contributed by atoms with Crippen LogP contribution in [0.5, 0.6) is 0 Å². The monoisotopic (exact) mass is 516 g/mol. The first kappa shape index (κ1) is 27.8. The van der Waals surface area contributed by atoms with Crippen LogP contribution in [0.3, 0.4) is 0 Å². The number of allylic oxidation sites excluding steroid dienone is 2. The van der Waals surface area contributed by atoms with Crippen molar-refractivity contribution in [1.82, 2.24) is 9.29 Å². The Morgan fingerprint density at radius 2 is 1.89 bits per heavy atom. The summed E-state index contributed by atoms with van der Waals surface area (Å²) in [6.07, 6.45) is 6.01. The number of sulfonamides is 1. The number of nitrogens with zero attached hydrogens (tertiary/aromatic N) is 4. The smallest absolute Gasteiger partial charge is 0.244 e. The van der Waals surface area contributed by atoms with E-state index in [-0.39, 0.29) is 32.9 Å². The average Bonchev–Trinajstić information content (AvgIpc) is 3.06. The second-order valence-electron chi connectivity index (χ2n) is 9.99. The Morgan fingerprint density at radius 3 is 2.44 bits per heavy atom. The molecule has 0 amide bonds. The van der Waals surface area contributed by atoms with Crippen LogP contribution >= 0.6 is 0 Å². The lowest BCUT2D eigenvalue weighted by Crippen LogP contribution is -2.46. The topological polar surface area (TPSA) is 75.0 Å². The molecule has 1 heterocycles. The fraction of sp³-hybridized carbons (Fsp3) is 0.444. The minimum Gasteiger partial charge on any atom is -0.263 e. The number of aromatic nitrogens is 1. The average molecular weight is 517 g/mol. The highest BCUT2D eigenvalue weighted by atomic mass is 32.2. The van der Waals surface area contributed by atoms with Gasteiger partial charge in [0.15, 0.2) is 0 Å². The Balaban J connectivity index is 1.92. The Labute approximate surface area is 212 Å². The third-order valence-corrected chi connectivity index (χ3v) is 9.66. The molecule has 1 fully saturated rings. The molecule has 0 spiro atoms. The SMILES string of the molecule is C=C(/C=C(\N=NC)c1c(F)cccc1F)C1CCC(C)(CN(CC)S(=O)(=O)c2cccnc2)C1(C)C. The normalized spacial score (nSPS) is 22.4. The summed E-state index contributed by atoms with van der Waals surface area (Å²) in [6, 6.07) is 6.82. The zero-order valence-corrected chi connectivity index (χ0v) is 22.3. The van der Waals surface area contributed by atoms with Gasteiger partial charge >= 0.3 is 0 Å². The molecule has 2 atom stereocenters. The Hall–Kier alpha value is -2.78. The highest BCUT2D eigenvalue weighted by molar-refractivity contribution is 7.89. The molecule has 6 nitrogen and oxygen atoms in total. The van der Waals surface area contributed by atoms with Crippen molar-refractivity contribution in [3.05, 3.63) is 78.2 Å². The first-order chi connectivity index (χ1) is 16.9. The molecular formula is C27H34F2N4O2S. The molecule has 0 N–H and O–H groups in total. The first-order valence-electron chi connectivity index (χ1n) is 11.9. The third kappa shape index (κ3) is 5.18. The van der Waals surface area contributed by atoms with Crippen LogP contribution in [-0.2, 0) is 10.0 Å². The van der Waals surface area contributed by atoms with Crippen LogP contribution < -0.4 is 0 Å². The molecule has 1 saturated carbocycles. The first-order valence-corrected chi connectivity index (χ1v) is 13.4. The van der Waals surface area contributed by atoms with Gasteiger partial charge < -0.3 is 0 Å². The van der Waals surface area contributed by atoms with E-state index in [2.05, 4.69) is 42.6 Å². The number of halogens is 2. The maximum atomic E-state index is 14.5. The van der Waals surface area contributed by atoms with E-state index >= 15 is 0 Å². The van der Waals surface area contributed by atoms with Crippen LogP contribution in [0, 0.1) is 28.4 Å². The standard InChI is InChI=1S/C27H34F2N4O2S/c1-7-33(36(34,35)20-10-9-15-31-17-20)18-27(5)14-13-21(26(27,3)4)19(2)16-24(32-30-6)25-22(28)11-8-12-23(25)29/h8-12,15-17,21H,2,7,13-14,18H2,1,3-6H3/b24-16-,32-30?. The quantitative estimate of drug-likeness (QED) is 0.282. The zero-order valence-electron chi connectivity index (χ0n) is 21.5. The van der Waals surface area contributed by atoms with Gasteiger partial charge in [0.05, 0.1) is 11.3 Å². The fourth-order valence-electron chi connectivity index (χ4n) is 5.18. The number of azo groups is 1. The van der Waals surface area contributed by atoms with E-state index in [0.29, 0.717) is 18.7 Å². The van der Waals surface area contributed by atoms with Gasteiger partial charge in [-0.15, -0.1) is 0 Å². The number of hydrogen-bond acceptors (Lipinski definition) is 5. The van der Waals surface area contributed by atoms with Crippen molar-refractivity contribution in [3.8, 4) is 0 Å². The second kappa shape index (κ2) is 10.7. The van der Waals surface area contributed by atoms with Gasteiger partial charge in [0.25, 0.3) is 0 Å². The summed E-state index contributed by atoms with van der Waals surface area (Å²) in [7, 11) is -2.27. The van der Waals surface area contributed by atoms with Gasteiger partial charge in [-0.25, -0.2) is 17.2 Å². The lowest BCUT2D eigenvalue weighted by atomic mass is 9.64. The van der Waals surface area contributed by atoms with Gasteiger partial charge in [-0.05, 0) is 65.5 Å². The summed E-state index contributed by atoms with van der Waals surface area (Å²) in [4.78, 5) is 4.13. The van der Waals surface area contributed by atoms with Crippen molar-refractivity contribution in [1.29, 1.82) is 0 Å². The fourth-order valence-corrected chi connectivity index (χ4v) is 6.72. The molecule has 1 aromatic heterocycles. The lowest BCUT2D eigenvalue weighted by molar-refractivity contribution is 0.0803. The van der Waals surface area contributed by atoms with Gasteiger partial charge in [-0.2, -0.15) is 14.5 Å². The minimum atomic E-state index is -3.71. The molecule has 2 unspecified atom stereocenters. The minimum absolute atomic E-state index is 0.0563. The Bertz CT molecular complexity index is 1260. The largest absolute Gasteiger partial charge is 0.263 e. The van der Waals surface area contributed by atoms with Gasteiger partial charge in [0.2, 0.25) is 10.0 Å². The Kier molecular flexibility index (Phi) is 8.25. The van der Waals surface area contributed by atoms with E-state index in [0.717, 1.165) is 12.8 Å². The van der Waals surface area contributed by atoms with Crippen LogP contribution in [0.25, 0.3) is 5.70 Å². The van der Waals surface area contributed by atoms with Crippen LogP contribution in [0.2, 0.25) is 0 Å². The number of hydrogen-bond donors (Lipinski definition) is 0. The molecule has 1 aliphatic carbocycles. The van der Waals surface area contributed by atoms with Crippen molar-refractivity contribution >= 4 is 15.7 Å². The molecule has 9 heteroatoms. The van der Waals surface area contributed by atoms with E-state index < -0.39 is 21.7 Å². The van der Waals surface area contributed by atoms with Gasteiger partial charge in [0.1, 0.15) is 16.5 Å². The van der Waals surface area contributed by atoms with Gasteiger partial charge in [-0.1, -0.05) is 40.3 Å². The van der Waals surface area contributed by atoms with Crippen molar-refractivity contribution in [2.24, 2.45) is 27.0 Å². The summed E-state index contributed by atoms with van der Waals surface area (Å²) in [5, 5.41) is 7.74. The summed E-state index contributed by atoms with van der Waals surface area (Å²) in [6.45, 7) is 13.0. The molecule has 1 aromatic carbocycles. The summed E-state index contributed by atoms with van der Waals surface area (Å²) < 4.78 is 57.1. The Morgan fingerprint density at radius 1 is 1.22 bits per heavy atom. The van der Waals surface area contributed by atoms with Crippen LogP contribution in [0.15, 0.2) is 76.1 Å². The second-order valence-corrected chi connectivity index (χ2v) is 11.9. The lowest BCUT2D eigenvalue weighted by Gasteiger charge is -2.44. The predicted octanol–water partition coefficient (Wildman–Crippen LogP) is 6.49. The summed E-state index contributed by atoms with van der Waals surface area (Å²) >= 11 is 0. The van der Waals surface area contributed by atoms with Crippen LogP contribution in [0.4, 0.5) is 8.78 Å². The maximum absolute atomic E-state index is 14.5. The molecule has 194 valence electrons. The van der Waals surface area contributed by atoms with E-state index in [4.69, 9.17) is 0 Å². The van der Waals surface area contributed by atoms with Crippen molar-refractivity contribution in [2.75, 3.05) is 20.1 Å². The summed E-state index contributed by atoms with van der Waals surface area (Å²) in [5.74, 6) is -1.51.